The van der Waals surface area contributed by atoms with E-state index in [0.29, 0.717) is 11.2 Å². The van der Waals surface area contributed by atoms with Gasteiger partial charge in [0, 0.05) is 0 Å². The van der Waals surface area contributed by atoms with Crippen molar-refractivity contribution in [2.75, 3.05) is 31.3 Å². The van der Waals surface area contributed by atoms with Crippen molar-refractivity contribution in [2.24, 2.45) is 0 Å². The van der Waals surface area contributed by atoms with Gasteiger partial charge in [0.15, 0.2) is 35.3 Å². The zero-order valence-corrected chi connectivity index (χ0v) is 25.8. The highest BCUT2D eigenvalue weighted by atomic mass is 32.7. The minimum Gasteiger partial charge on any atom is -0.387 e. The molecular formula is C21H25N10O9P2S2+. The number of nitrogens with two attached hydrogens (primary N) is 2. The molecule has 44 heavy (non-hydrogen) atoms. The number of anilines is 2. The Kier molecular flexibility index (Phi) is 7.49. The highest BCUT2D eigenvalue weighted by Crippen LogP contribution is 2.59. The summed E-state index contributed by atoms with van der Waals surface area (Å²) in [6, 6.07) is 0. The SMILES string of the molecule is Nc1nc2c(ncn2C2OC(CO[P+](=O)S)CC2P(O)(=S)OCC23COC(C(n4cnc5c(N)ncnc54)O2)C3O)c(=O)[nH]1. The number of aromatic amines is 1. The third-order valence-electron chi connectivity index (χ3n) is 7.84. The van der Waals surface area contributed by atoms with E-state index >= 15 is 0 Å². The van der Waals surface area contributed by atoms with Gasteiger partial charge in [0.25, 0.3) is 5.56 Å². The van der Waals surface area contributed by atoms with E-state index in [1.54, 1.807) is 4.57 Å². The summed E-state index contributed by atoms with van der Waals surface area (Å²) in [5.74, 6) is 0.0332. The number of thiol groups is 1. The number of nitrogen functional groups attached to an aromatic ring is 2. The molecule has 7 N–H and O–H groups in total. The second kappa shape index (κ2) is 11.0. The van der Waals surface area contributed by atoms with Crippen LogP contribution in [0.25, 0.3) is 22.3 Å². The summed E-state index contributed by atoms with van der Waals surface area (Å²) in [4.78, 5) is 47.2. The Morgan fingerprint density at radius 3 is 2.73 bits per heavy atom. The number of aliphatic hydroxyl groups is 1. The van der Waals surface area contributed by atoms with Crippen molar-refractivity contribution < 1.29 is 37.8 Å². The highest BCUT2D eigenvalue weighted by Gasteiger charge is 2.63. The normalized spacial score (nSPS) is 31.7. The number of nitrogens with one attached hydrogen (secondary N) is 1. The molecule has 19 nitrogen and oxygen atoms in total. The molecule has 9 unspecified atom stereocenters. The van der Waals surface area contributed by atoms with E-state index in [1.807, 2.05) is 0 Å². The molecule has 0 saturated carbocycles. The molecule has 0 aliphatic carbocycles. The number of nitrogens with zero attached hydrogens (tertiary/aromatic N) is 7. The number of rotatable bonds is 9. The predicted octanol–water partition coefficient (Wildman–Crippen LogP) is -0.271. The van der Waals surface area contributed by atoms with Crippen LogP contribution in [-0.4, -0.2) is 98.4 Å². The van der Waals surface area contributed by atoms with Crippen LogP contribution in [-0.2, 0) is 39.6 Å². The summed E-state index contributed by atoms with van der Waals surface area (Å²) in [6.45, 7) is -4.30. The van der Waals surface area contributed by atoms with E-state index in [4.69, 9.17) is 46.5 Å². The molecule has 4 aromatic rings. The van der Waals surface area contributed by atoms with Crippen LogP contribution in [0.2, 0.25) is 0 Å². The monoisotopic (exact) mass is 687 g/mol. The van der Waals surface area contributed by atoms with Crippen LogP contribution in [0.5, 0.6) is 0 Å². The standard InChI is InChI=1S/C21H24N10O9P2S2/c22-14-10-15(25-5-24-14)30(6-26-10)19-12-13(32)21(40-19,3-36-12)4-38-42(35,44)9-1-8(2-37-41(34)43)39-18(9)31-7-27-11-16(31)28-20(23)29-17(11)33/h5-9,12-13,18-19,32H,1-4H2,(H6-,22,23,24,25,28,29,33,34,35,43,44)/p+1. The third kappa shape index (κ3) is 4.92. The maximum Gasteiger partial charge on any atom is 0.582 e. The summed E-state index contributed by atoms with van der Waals surface area (Å²) < 4.78 is 44.0. The molecule has 9 atom stereocenters. The lowest BCUT2D eigenvalue weighted by atomic mass is 10.0. The largest absolute Gasteiger partial charge is 0.582 e. The Bertz CT molecular complexity index is 1890. The van der Waals surface area contributed by atoms with Gasteiger partial charge >= 0.3 is 7.23 Å². The molecule has 2 bridgehead atoms. The summed E-state index contributed by atoms with van der Waals surface area (Å²) in [5, 5.41) is 11.2. The van der Waals surface area contributed by atoms with Crippen LogP contribution < -0.4 is 17.0 Å². The Hall–Kier alpha value is -2.68. The fraction of sp³-hybridized carbons (Fsp3) is 0.524. The summed E-state index contributed by atoms with van der Waals surface area (Å²) in [5.41, 5.74) is 9.68. The first-order valence-electron chi connectivity index (χ1n) is 13.0. The van der Waals surface area contributed by atoms with Gasteiger partial charge < -0.3 is 40.2 Å². The topological polar surface area (TPSA) is 263 Å². The Balaban J connectivity index is 1.15. The van der Waals surface area contributed by atoms with Gasteiger partial charge in [0.05, 0.1) is 37.6 Å². The van der Waals surface area contributed by atoms with E-state index in [2.05, 4.69) is 42.2 Å². The average molecular weight is 688 g/mol. The van der Waals surface area contributed by atoms with Crippen molar-refractivity contribution in [3.63, 3.8) is 0 Å². The van der Waals surface area contributed by atoms with Crippen LogP contribution in [0.15, 0.2) is 23.8 Å². The number of hydrogen-bond donors (Lipinski definition) is 6. The van der Waals surface area contributed by atoms with Gasteiger partial charge in [-0.05, 0) is 22.8 Å². The lowest BCUT2D eigenvalue weighted by Crippen LogP contribution is -2.45. The zero-order valence-electron chi connectivity index (χ0n) is 22.3. The summed E-state index contributed by atoms with van der Waals surface area (Å²) in [6.07, 6.45) is -0.318. The van der Waals surface area contributed by atoms with E-state index in [1.165, 1.54) is 23.5 Å². The average Bonchev–Trinajstić information content (AvgIpc) is 3.79. The quantitative estimate of drug-likeness (QED) is 0.0977. The first-order valence-corrected chi connectivity index (χ1v) is 18.1. The number of ether oxygens (including phenoxy) is 3. The second-order valence-corrected chi connectivity index (χ2v) is 15.8. The van der Waals surface area contributed by atoms with Crippen molar-refractivity contribution in [3.8, 4) is 0 Å². The molecule has 4 aromatic heterocycles. The molecule has 3 saturated heterocycles. The van der Waals surface area contributed by atoms with Crippen LogP contribution >= 0.6 is 26.0 Å². The van der Waals surface area contributed by atoms with E-state index in [-0.39, 0.29) is 49.2 Å². The minimum atomic E-state index is -3.80. The number of imidazole rings is 2. The van der Waals surface area contributed by atoms with E-state index < -0.39 is 61.3 Å². The van der Waals surface area contributed by atoms with Crippen LogP contribution in [0.3, 0.4) is 0 Å². The van der Waals surface area contributed by atoms with Gasteiger partial charge in [-0.2, -0.15) is 4.98 Å². The van der Waals surface area contributed by atoms with Gasteiger partial charge in [-0.25, -0.2) is 19.9 Å². The van der Waals surface area contributed by atoms with Crippen molar-refractivity contribution in [2.45, 2.75) is 48.4 Å². The fourth-order valence-corrected chi connectivity index (χ4v) is 8.61. The third-order valence-corrected chi connectivity index (χ3v) is 11.5. The molecule has 0 aromatic carbocycles. The Labute approximate surface area is 257 Å². The second-order valence-electron chi connectivity index (χ2n) is 10.5. The number of aromatic nitrogens is 8. The lowest BCUT2D eigenvalue weighted by Gasteiger charge is -2.34. The van der Waals surface area contributed by atoms with Gasteiger partial charge in [-0.3, -0.25) is 18.9 Å². The molecule has 23 heteroatoms. The van der Waals surface area contributed by atoms with Crippen LogP contribution in [0.1, 0.15) is 18.9 Å². The molecule has 234 valence electrons. The zero-order chi connectivity index (χ0) is 31.0. The molecule has 0 spiro atoms. The highest BCUT2D eigenvalue weighted by molar-refractivity contribution is 8.39. The lowest BCUT2D eigenvalue weighted by molar-refractivity contribution is -0.182. The Morgan fingerprint density at radius 1 is 1.20 bits per heavy atom. The van der Waals surface area contributed by atoms with Gasteiger partial charge in [0.2, 0.25) is 5.95 Å². The van der Waals surface area contributed by atoms with E-state index in [9.17, 15) is 19.4 Å². The van der Waals surface area contributed by atoms with Crippen LogP contribution in [0, 0.1) is 0 Å². The molecular weight excluding hydrogens is 662 g/mol. The number of fused-ring (bicyclic) bond motifs is 4. The van der Waals surface area contributed by atoms with Gasteiger partial charge in [-0.1, -0.05) is 0 Å². The van der Waals surface area contributed by atoms with E-state index in [0.717, 1.165) is 0 Å². The smallest absolute Gasteiger partial charge is 0.387 e. The summed E-state index contributed by atoms with van der Waals surface area (Å²) >= 11 is 9.44. The molecule has 7 heterocycles. The number of aliphatic hydroxyl groups excluding tert-OH is 1. The molecule has 3 aliphatic heterocycles. The minimum absolute atomic E-state index is 0.00699. The maximum atomic E-state index is 12.4. The van der Waals surface area contributed by atoms with Crippen LogP contribution in [0.4, 0.5) is 11.8 Å². The van der Waals surface area contributed by atoms with Gasteiger partial charge in [-0.15, -0.1) is 4.52 Å². The molecule has 3 fully saturated rings. The molecule has 3 aliphatic rings. The van der Waals surface area contributed by atoms with Crippen molar-refractivity contribution >= 4 is 71.9 Å². The van der Waals surface area contributed by atoms with Crippen molar-refractivity contribution in [3.05, 3.63) is 29.3 Å². The fourth-order valence-electron chi connectivity index (χ4n) is 5.75. The van der Waals surface area contributed by atoms with Crippen molar-refractivity contribution in [1.29, 1.82) is 0 Å². The van der Waals surface area contributed by atoms with Gasteiger partial charge in [0.1, 0.15) is 54.7 Å². The molecule has 0 amide bonds. The number of H-pyrrole nitrogens is 1. The predicted molar refractivity (Wildman–Crippen MR) is 158 cm³/mol. The molecule has 0 radical (unpaired) electrons. The van der Waals surface area contributed by atoms with Crippen molar-refractivity contribution in [1.82, 2.24) is 39.0 Å². The Morgan fingerprint density at radius 2 is 1.95 bits per heavy atom. The number of hydrogen-bond acceptors (Lipinski definition) is 16. The summed E-state index contributed by atoms with van der Waals surface area (Å²) in [7, 11) is -2.23. The first kappa shape index (κ1) is 30.0. The first-order chi connectivity index (χ1) is 21.0. The molecule has 7 rings (SSSR count). The maximum absolute atomic E-state index is 12.4.